The van der Waals surface area contributed by atoms with Crippen molar-refractivity contribution in [1.82, 2.24) is 5.32 Å². The van der Waals surface area contributed by atoms with E-state index >= 15 is 0 Å². The van der Waals surface area contributed by atoms with E-state index in [0.717, 1.165) is 25.7 Å². The minimum atomic E-state index is -2.36. The molecule has 0 amide bonds. The summed E-state index contributed by atoms with van der Waals surface area (Å²) in [6.07, 6.45) is 1.08. The van der Waals surface area contributed by atoms with E-state index in [1.165, 1.54) is 0 Å². The van der Waals surface area contributed by atoms with Crippen molar-refractivity contribution in [2.45, 2.75) is 64.2 Å². The summed E-state index contributed by atoms with van der Waals surface area (Å²) in [5, 5.41) is 3.32. The number of rotatable bonds is 1. The van der Waals surface area contributed by atoms with Crippen LogP contribution >= 0.6 is 0 Å². The van der Waals surface area contributed by atoms with Crippen LogP contribution in [-0.2, 0) is 4.74 Å². The van der Waals surface area contributed by atoms with Gasteiger partial charge in [-0.3, -0.25) is 5.32 Å². The second-order valence-corrected chi connectivity index (χ2v) is 5.90. The summed E-state index contributed by atoms with van der Waals surface area (Å²) in [5.74, 6) is 0. The summed E-state index contributed by atoms with van der Waals surface area (Å²) < 4.78 is 31.0. The number of hydrogen-bond acceptors (Lipinski definition) is 2. The normalized spacial score (nSPS) is 39.2. The molecule has 2 atom stereocenters. The minimum absolute atomic E-state index is 0.190. The van der Waals surface area contributed by atoms with Crippen LogP contribution in [0, 0.1) is 5.41 Å². The predicted molar refractivity (Wildman–Crippen MR) is 58.5 cm³/mol. The van der Waals surface area contributed by atoms with E-state index < -0.39 is 18.3 Å². The van der Waals surface area contributed by atoms with Gasteiger partial charge in [-0.05, 0) is 37.5 Å². The van der Waals surface area contributed by atoms with Gasteiger partial charge in [0.05, 0.1) is 0 Å². The molecule has 1 N–H and O–H groups in total. The molecule has 0 radical (unpaired) electrons. The Hall–Kier alpha value is -0.220. The van der Waals surface area contributed by atoms with E-state index in [1.807, 2.05) is 0 Å². The van der Waals surface area contributed by atoms with Gasteiger partial charge in [0.15, 0.2) is 0 Å². The number of nitrogens with one attached hydrogen (secondary N) is 1. The van der Waals surface area contributed by atoms with Crippen LogP contribution in [0.15, 0.2) is 0 Å². The monoisotopic (exact) mass is 233 g/mol. The highest BCUT2D eigenvalue weighted by Crippen LogP contribution is 2.43. The van der Waals surface area contributed by atoms with Gasteiger partial charge < -0.3 is 4.74 Å². The molecule has 1 spiro atoms. The third kappa shape index (κ3) is 2.54. The molecule has 1 heterocycles. The van der Waals surface area contributed by atoms with Gasteiger partial charge in [-0.25, -0.2) is 8.78 Å². The van der Waals surface area contributed by atoms with E-state index in [0.29, 0.717) is 13.0 Å². The van der Waals surface area contributed by atoms with E-state index in [9.17, 15) is 8.78 Å². The van der Waals surface area contributed by atoms with Gasteiger partial charge in [0.2, 0.25) is 0 Å². The Balaban J connectivity index is 2.06. The Bertz CT molecular complexity index is 253. The first-order chi connectivity index (χ1) is 7.43. The quantitative estimate of drug-likeness (QED) is 0.752. The molecule has 2 rings (SSSR count). The Morgan fingerprint density at radius 2 is 2.06 bits per heavy atom. The zero-order valence-electron chi connectivity index (χ0n) is 10.1. The first-order valence-corrected chi connectivity index (χ1v) is 6.14. The Kier molecular flexibility index (Phi) is 3.23. The number of halogens is 2. The van der Waals surface area contributed by atoms with Crippen molar-refractivity contribution in [2.24, 2.45) is 5.41 Å². The maximum absolute atomic E-state index is 12.7. The molecular formula is C12H21F2NO. The smallest absolute Gasteiger partial charge is 0.264 e. The SMILES string of the molecule is CC1(C)CCCC2(C1)NCCC(C(F)F)O2. The molecule has 0 aromatic rings. The maximum Gasteiger partial charge on any atom is 0.264 e. The van der Waals surface area contributed by atoms with E-state index in [4.69, 9.17) is 4.74 Å². The lowest BCUT2D eigenvalue weighted by Gasteiger charge is -2.49. The van der Waals surface area contributed by atoms with Crippen LogP contribution in [0.5, 0.6) is 0 Å². The van der Waals surface area contributed by atoms with E-state index in [1.54, 1.807) is 0 Å². The number of ether oxygens (including phenoxy) is 1. The van der Waals surface area contributed by atoms with Crippen molar-refractivity contribution in [3.8, 4) is 0 Å². The van der Waals surface area contributed by atoms with Crippen molar-refractivity contribution in [3.63, 3.8) is 0 Å². The van der Waals surface area contributed by atoms with Gasteiger partial charge in [-0.1, -0.05) is 13.8 Å². The molecule has 0 bridgehead atoms. The second-order valence-electron chi connectivity index (χ2n) is 5.90. The highest BCUT2D eigenvalue weighted by Gasteiger charge is 2.45. The maximum atomic E-state index is 12.7. The summed E-state index contributed by atoms with van der Waals surface area (Å²) in [5.41, 5.74) is -0.295. The van der Waals surface area contributed by atoms with Gasteiger partial charge >= 0.3 is 0 Å². The lowest BCUT2D eigenvalue weighted by atomic mass is 9.72. The third-order valence-corrected chi connectivity index (χ3v) is 3.73. The Labute approximate surface area is 95.7 Å². The van der Waals surface area contributed by atoms with Crippen LogP contribution in [0.3, 0.4) is 0 Å². The van der Waals surface area contributed by atoms with Crippen molar-refractivity contribution in [1.29, 1.82) is 0 Å². The van der Waals surface area contributed by atoms with Crippen molar-refractivity contribution >= 4 is 0 Å². The Morgan fingerprint density at radius 1 is 1.31 bits per heavy atom. The summed E-state index contributed by atoms with van der Waals surface area (Å²) >= 11 is 0. The fourth-order valence-electron chi connectivity index (χ4n) is 3.06. The highest BCUT2D eigenvalue weighted by molar-refractivity contribution is 4.93. The van der Waals surface area contributed by atoms with Gasteiger partial charge in [-0.2, -0.15) is 0 Å². The Morgan fingerprint density at radius 3 is 2.69 bits per heavy atom. The van der Waals surface area contributed by atoms with Crippen molar-refractivity contribution in [2.75, 3.05) is 6.54 Å². The molecule has 2 nitrogen and oxygen atoms in total. The molecule has 1 aliphatic heterocycles. The first-order valence-electron chi connectivity index (χ1n) is 6.14. The number of hydrogen-bond donors (Lipinski definition) is 1. The standard InChI is InChI=1S/C12H21F2NO/c1-11(2)5-3-6-12(8-11)15-7-4-9(16-12)10(13)14/h9-10,15H,3-8H2,1-2H3. The van der Waals surface area contributed by atoms with Crippen LogP contribution in [0.4, 0.5) is 8.78 Å². The molecule has 16 heavy (non-hydrogen) atoms. The van der Waals surface area contributed by atoms with Crippen LogP contribution in [0.25, 0.3) is 0 Å². The lowest BCUT2D eigenvalue weighted by Crippen LogP contribution is -2.59. The zero-order valence-corrected chi connectivity index (χ0v) is 10.1. The molecule has 0 aromatic heterocycles. The molecule has 1 saturated carbocycles. The molecule has 0 aromatic carbocycles. The third-order valence-electron chi connectivity index (χ3n) is 3.73. The van der Waals surface area contributed by atoms with E-state index in [2.05, 4.69) is 19.2 Å². The fourth-order valence-corrected chi connectivity index (χ4v) is 3.06. The average Bonchev–Trinajstić information content (AvgIpc) is 2.15. The molecule has 1 aliphatic carbocycles. The minimum Gasteiger partial charge on any atom is -0.351 e. The summed E-state index contributed by atoms with van der Waals surface area (Å²) in [4.78, 5) is 0. The topological polar surface area (TPSA) is 21.3 Å². The predicted octanol–water partition coefficient (Wildman–Crippen LogP) is 2.93. The highest BCUT2D eigenvalue weighted by atomic mass is 19.3. The summed E-state index contributed by atoms with van der Waals surface area (Å²) in [6, 6.07) is 0. The molecular weight excluding hydrogens is 212 g/mol. The van der Waals surface area contributed by atoms with Crippen LogP contribution < -0.4 is 5.32 Å². The lowest BCUT2D eigenvalue weighted by molar-refractivity contribution is -0.208. The van der Waals surface area contributed by atoms with Gasteiger partial charge in [-0.15, -0.1) is 0 Å². The van der Waals surface area contributed by atoms with E-state index in [-0.39, 0.29) is 5.41 Å². The molecule has 2 unspecified atom stereocenters. The van der Waals surface area contributed by atoms with Gasteiger partial charge in [0.25, 0.3) is 6.43 Å². The van der Waals surface area contributed by atoms with Crippen molar-refractivity contribution in [3.05, 3.63) is 0 Å². The second kappa shape index (κ2) is 4.22. The average molecular weight is 233 g/mol. The largest absolute Gasteiger partial charge is 0.351 e. The van der Waals surface area contributed by atoms with Gasteiger partial charge in [0.1, 0.15) is 11.8 Å². The van der Waals surface area contributed by atoms with Crippen molar-refractivity contribution < 1.29 is 13.5 Å². The summed E-state index contributed by atoms with van der Waals surface area (Å²) in [6.45, 7) is 5.01. The molecule has 4 heteroatoms. The molecule has 94 valence electrons. The molecule has 1 saturated heterocycles. The fraction of sp³-hybridized carbons (Fsp3) is 1.00. The van der Waals surface area contributed by atoms with Crippen LogP contribution in [-0.4, -0.2) is 24.8 Å². The van der Waals surface area contributed by atoms with Crippen LogP contribution in [0.1, 0.15) is 46.0 Å². The number of alkyl halides is 2. The molecule has 2 aliphatic rings. The summed E-state index contributed by atoms with van der Waals surface area (Å²) in [7, 11) is 0. The first kappa shape index (κ1) is 12.2. The molecule has 2 fully saturated rings. The van der Waals surface area contributed by atoms with Gasteiger partial charge in [0, 0.05) is 6.54 Å². The zero-order chi connectivity index (χ0) is 11.8. The van der Waals surface area contributed by atoms with Crippen LogP contribution in [0.2, 0.25) is 0 Å².